The van der Waals surface area contributed by atoms with Gasteiger partial charge in [0.25, 0.3) is 0 Å². The largest absolute Gasteiger partial charge is 0.394 e. The molecular weight excluding hydrogens is 284 g/mol. The fourth-order valence-electron chi connectivity index (χ4n) is 1.42. The molecule has 1 heterocycles. The summed E-state index contributed by atoms with van der Waals surface area (Å²) in [4.78, 5) is 8.57. The molecule has 1 aromatic carbocycles. The standard InChI is InChI=1S/C13H13ClN2O2S/c14-11-6-12(19-8-10(18)7-17)16-13(15-11)9-4-2-1-3-5-9/h1-6,10,17-18H,7-8H2. The highest BCUT2D eigenvalue weighted by Crippen LogP contribution is 2.23. The lowest BCUT2D eigenvalue weighted by Gasteiger charge is -2.07. The molecule has 19 heavy (non-hydrogen) atoms. The van der Waals surface area contributed by atoms with Crippen molar-refractivity contribution in [3.05, 3.63) is 41.6 Å². The molecule has 0 saturated carbocycles. The van der Waals surface area contributed by atoms with E-state index in [9.17, 15) is 5.11 Å². The second-order valence-electron chi connectivity index (χ2n) is 3.87. The van der Waals surface area contributed by atoms with Crippen molar-refractivity contribution in [2.45, 2.75) is 11.1 Å². The van der Waals surface area contributed by atoms with Crippen molar-refractivity contribution in [1.29, 1.82) is 0 Å². The summed E-state index contributed by atoms with van der Waals surface area (Å²) in [5.41, 5.74) is 0.884. The Morgan fingerprint density at radius 1 is 1.21 bits per heavy atom. The van der Waals surface area contributed by atoms with Gasteiger partial charge in [0.15, 0.2) is 5.82 Å². The molecule has 100 valence electrons. The maximum atomic E-state index is 9.33. The smallest absolute Gasteiger partial charge is 0.162 e. The van der Waals surface area contributed by atoms with E-state index in [0.717, 1.165) is 5.56 Å². The van der Waals surface area contributed by atoms with E-state index in [-0.39, 0.29) is 6.61 Å². The average molecular weight is 297 g/mol. The second-order valence-corrected chi connectivity index (χ2v) is 5.29. The van der Waals surface area contributed by atoms with E-state index < -0.39 is 6.10 Å². The van der Waals surface area contributed by atoms with Crippen molar-refractivity contribution < 1.29 is 10.2 Å². The second kappa shape index (κ2) is 6.86. The fraction of sp³-hybridized carbons (Fsp3) is 0.231. The number of hydrogen-bond donors (Lipinski definition) is 2. The van der Waals surface area contributed by atoms with E-state index in [1.165, 1.54) is 11.8 Å². The highest BCUT2D eigenvalue weighted by Gasteiger charge is 2.08. The minimum absolute atomic E-state index is 0.267. The van der Waals surface area contributed by atoms with Crippen molar-refractivity contribution in [3.8, 4) is 11.4 Å². The Bertz CT molecular complexity index is 539. The van der Waals surface area contributed by atoms with Gasteiger partial charge in [0.05, 0.1) is 12.7 Å². The molecule has 1 atom stereocenters. The number of aliphatic hydroxyl groups excluding tert-OH is 2. The number of halogens is 1. The molecule has 0 fully saturated rings. The molecule has 2 aromatic rings. The van der Waals surface area contributed by atoms with Gasteiger partial charge in [-0.05, 0) is 0 Å². The van der Waals surface area contributed by atoms with Gasteiger partial charge in [-0.3, -0.25) is 0 Å². The van der Waals surface area contributed by atoms with Crippen LogP contribution in [0.25, 0.3) is 11.4 Å². The van der Waals surface area contributed by atoms with E-state index in [2.05, 4.69) is 9.97 Å². The predicted molar refractivity (Wildman–Crippen MR) is 76.3 cm³/mol. The van der Waals surface area contributed by atoms with Crippen molar-refractivity contribution in [2.24, 2.45) is 0 Å². The summed E-state index contributed by atoms with van der Waals surface area (Å²) < 4.78 is 0. The topological polar surface area (TPSA) is 66.2 Å². The Hall–Kier alpha value is -1.14. The van der Waals surface area contributed by atoms with Crippen LogP contribution in [0, 0.1) is 0 Å². The first-order valence-electron chi connectivity index (χ1n) is 5.71. The summed E-state index contributed by atoms with van der Waals surface area (Å²) in [5.74, 6) is 0.909. The molecule has 4 nitrogen and oxygen atoms in total. The van der Waals surface area contributed by atoms with Gasteiger partial charge < -0.3 is 10.2 Å². The van der Waals surface area contributed by atoms with Crippen LogP contribution in [0.4, 0.5) is 0 Å². The molecule has 0 amide bonds. The SMILES string of the molecule is OCC(O)CSc1cc(Cl)nc(-c2ccccc2)n1. The average Bonchev–Trinajstić information content (AvgIpc) is 2.45. The predicted octanol–water partition coefficient (Wildman–Crippen LogP) is 2.24. The lowest BCUT2D eigenvalue weighted by atomic mass is 10.2. The number of nitrogens with zero attached hydrogens (tertiary/aromatic N) is 2. The normalized spacial score (nSPS) is 12.4. The van der Waals surface area contributed by atoms with Crippen molar-refractivity contribution >= 4 is 23.4 Å². The van der Waals surface area contributed by atoms with Gasteiger partial charge in [0, 0.05) is 17.4 Å². The third-order valence-corrected chi connectivity index (χ3v) is 3.59. The van der Waals surface area contributed by atoms with Crippen LogP contribution in [0.1, 0.15) is 0 Å². The summed E-state index contributed by atoms with van der Waals surface area (Å²) in [5, 5.41) is 19.1. The molecule has 2 rings (SSSR count). The first kappa shape index (κ1) is 14.3. The fourth-order valence-corrected chi connectivity index (χ4v) is 2.48. The van der Waals surface area contributed by atoms with Gasteiger partial charge in [-0.25, -0.2) is 9.97 Å². The molecule has 0 aliphatic carbocycles. The summed E-state index contributed by atoms with van der Waals surface area (Å²) in [6, 6.07) is 11.2. The maximum absolute atomic E-state index is 9.33. The zero-order valence-corrected chi connectivity index (χ0v) is 11.6. The van der Waals surface area contributed by atoms with Crippen LogP contribution >= 0.6 is 23.4 Å². The molecule has 1 unspecified atom stereocenters. The Kier molecular flexibility index (Phi) is 5.15. The van der Waals surface area contributed by atoms with Gasteiger partial charge in [-0.2, -0.15) is 0 Å². The Morgan fingerprint density at radius 3 is 2.63 bits per heavy atom. The molecule has 1 aromatic heterocycles. The van der Waals surface area contributed by atoms with Gasteiger partial charge in [0.2, 0.25) is 0 Å². The quantitative estimate of drug-likeness (QED) is 0.654. The Morgan fingerprint density at radius 2 is 1.95 bits per heavy atom. The number of benzene rings is 1. The lowest BCUT2D eigenvalue weighted by molar-refractivity contribution is 0.113. The molecule has 0 bridgehead atoms. The molecule has 0 radical (unpaired) electrons. The van der Waals surface area contributed by atoms with E-state index in [0.29, 0.717) is 21.8 Å². The molecule has 6 heteroatoms. The van der Waals surface area contributed by atoms with Crippen LogP contribution in [-0.4, -0.2) is 38.6 Å². The minimum Gasteiger partial charge on any atom is -0.394 e. The summed E-state index contributed by atoms with van der Waals surface area (Å²) in [6.07, 6.45) is -0.765. The molecule has 0 aliphatic rings. The summed E-state index contributed by atoms with van der Waals surface area (Å²) >= 11 is 7.30. The molecular formula is C13H13ClN2O2S. The number of aliphatic hydroxyl groups is 2. The lowest BCUT2D eigenvalue weighted by Crippen LogP contribution is -2.14. The molecule has 0 spiro atoms. The van der Waals surface area contributed by atoms with Crippen LogP contribution < -0.4 is 0 Å². The van der Waals surface area contributed by atoms with E-state index in [1.807, 2.05) is 30.3 Å². The van der Waals surface area contributed by atoms with Crippen LogP contribution in [0.3, 0.4) is 0 Å². The zero-order valence-electron chi connectivity index (χ0n) is 10.0. The van der Waals surface area contributed by atoms with Crippen molar-refractivity contribution in [3.63, 3.8) is 0 Å². The van der Waals surface area contributed by atoms with E-state index in [1.54, 1.807) is 6.07 Å². The number of aromatic nitrogens is 2. The third-order valence-electron chi connectivity index (χ3n) is 2.34. The van der Waals surface area contributed by atoms with Gasteiger partial charge in [0.1, 0.15) is 10.2 Å². The molecule has 0 saturated heterocycles. The van der Waals surface area contributed by atoms with Crippen molar-refractivity contribution in [1.82, 2.24) is 9.97 Å². The highest BCUT2D eigenvalue weighted by molar-refractivity contribution is 7.99. The van der Waals surface area contributed by atoms with Crippen LogP contribution in [-0.2, 0) is 0 Å². The van der Waals surface area contributed by atoms with Gasteiger partial charge in [-0.1, -0.05) is 41.9 Å². The molecule has 2 N–H and O–H groups in total. The zero-order chi connectivity index (χ0) is 13.7. The monoisotopic (exact) mass is 296 g/mol. The van der Waals surface area contributed by atoms with Gasteiger partial charge in [-0.15, -0.1) is 11.8 Å². The number of rotatable bonds is 5. The number of hydrogen-bond acceptors (Lipinski definition) is 5. The number of thioether (sulfide) groups is 1. The third kappa shape index (κ3) is 4.18. The maximum Gasteiger partial charge on any atom is 0.162 e. The highest BCUT2D eigenvalue weighted by atomic mass is 35.5. The van der Waals surface area contributed by atoms with Crippen LogP contribution in [0.15, 0.2) is 41.4 Å². The summed E-state index contributed by atoms with van der Waals surface area (Å²) in [6.45, 7) is -0.267. The Labute approximate surface area is 120 Å². The molecule has 0 aliphatic heterocycles. The first-order chi connectivity index (χ1) is 9.19. The van der Waals surface area contributed by atoms with Gasteiger partial charge >= 0.3 is 0 Å². The van der Waals surface area contributed by atoms with E-state index >= 15 is 0 Å². The first-order valence-corrected chi connectivity index (χ1v) is 7.07. The van der Waals surface area contributed by atoms with Crippen molar-refractivity contribution in [2.75, 3.05) is 12.4 Å². The van der Waals surface area contributed by atoms with Crippen LogP contribution in [0.2, 0.25) is 5.15 Å². The van der Waals surface area contributed by atoms with Crippen LogP contribution in [0.5, 0.6) is 0 Å². The Balaban J connectivity index is 2.20. The van der Waals surface area contributed by atoms with E-state index in [4.69, 9.17) is 16.7 Å². The minimum atomic E-state index is -0.765. The summed E-state index contributed by atoms with van der Waals surface area (Å²) in [7, 11) is 0.